The van der Waals surface area contributed by atoms with Crippen molar-refractivity contribution in [3.63, 3.8) is 0 Å². The normalized spacial score (nSPS) is 13.7. The lowest BCUT2D eigenvalue weighted by Gasteiger charge is -2.11. The number of ether oxygens (including phenoxy) is 1. The number of alkyl halides is 3. The maximum atomic E-state index is 13.0. The molecule has 162 valence electrons. The van der Waals surface area contributed by atoms with Crippen molar-refractivity contribution < 1.29 is 31.1 Å². The van der Waals surface area contributed by atoms with Crippen LogP contribution in [0.4, 0.5) is 13.2 Å². The second-order valence-electron chi connectivity index (χ2n) is 5.93. The first-order valence-corrected chi connectivity index (χ1v) is 11.2. The molecule has 2 N–H and O–H groups in total. The molecule has 0 amide bonds. The van der Waals surface area contributed by atoms with Gasteiger partial charge in [0.05, 0.1) is 27.6 Å². The molecule has 6 nitrogen and oxygen atoms in total. The monoisotopic (exact) mass is 480 g/mol. The van der Waals surface area contributed by atoms with Crippen LogP contribution in [0.25, 0.3) is 10.4 Å². The third-order valence-corrected chi connectivity index (χ3v) is 6.36. The number of thiophene rings is 1. The van der Waals surface area contributed by atoms with E-state index >= 15 is 0 Å². The van der Waals surface area contributed by atoms with Gasteiger partial charge in [-0.2, -0.15) is 13.2 Å². The van der Waals surface area contributed by atoms with Crippen LogP contribution in [0.15, 0.2) is 57.0 Å². The van der Waals surface area contributed by atoms with E-state index in [9.17, 15) is 26.4 Å². The molecule has 0 saturated carbocycles. The zero-order valence-corrected chi connectivity index (χ0v) is 18.0. The molecule has 1 aromatic carbocycles. The minimum Gasteiger partial charge on any atom is -0.468 e. The van der Waals surface area contributed by atoms with Crippen molar-refractivity contribution in [1.29, 1.82) is 0 Å². The number of halogens is 4. The number of hydrogen-bond acceptors (Lipinski definition) is 7. The third-order valence-electron chi connectivity index (χ3n) is 3.73. The number of carbonyl (C=O) groups excluding carboxylic acids is 1. The number of sulfone groups is 1. The molecule has 0 bridgehead atoms. The minimum atomic E-state index is -4.90. The maximum absolute atomic E-state index is 13.0. The Morgan fingerprint density at radius 2 is 1.93 bits per heavy atom. The molecule has 0 aliphatic rings. The van der Waals surface area contributed by atoms with Gasteiger partial charge in [0, 0.05) is 11.1 Å². The maximum Gasteiger partial charge on any atom is 0.432 e. The van der Waals surface area contributed by atoms with Crippen LogP contribution < -0.4 is 5.73 Å². The lowest BCUT2D eigenvalue weighted by atomic mass is 10.2. The van der Waals surface area contributed by atoms with Crippen molar-refractivity contribution in [2.75, 3.05) is 19.9 Å². The van der Waals surface area contributed by atoms with Crippen LogP contribution >= 0.6 is 22.9 Å². The van der Waals surface area contributed by atoms with Gasteiger partial charge in [-0.1, -0.05) is 23.7 Å². The van der Waals surface area contributed by atoms with Crippen LogP contribution in [0.3, 0.4) is 0 Å². The smallest absolute Gasteiger partial charge is 0.432 e. The molecular formula is C18H16ClF3N2O4S2. The number of rotatable bonds is 6. The summed E-state index contributed by atoms with van der Waals surface area (Å²) in [5.74, 6) is -0.778. The van der Waals surface area contributed by atoms with Gasteiger partial charge in [-0.25, -0.2) is 8.42 Å². The van der Waals surface area contributed by atoms with Gasteiger partial charge < -0.3 is 10.5 Å². The molecule has 0 spiro atoms. The van der Waals surface area contributed by atoms with Gasteiger partial charge in [0.15, 0.2) is 9.84 Å². The third kappa shape index (κ3) is 5.83. The molecule has 0 unspecified atom stereocenters. The second-order valence-corrected chi connectivity index (χ2v) is 9.41. The number of esters is 1. The number of aliphatic imine (C=N–C) groups is 1. The van der Waals surface area contributed by atoms with Gasteiger partial charge in [-0.3, -0.25) is 9.79 Å². The zero-order valence-electron chi connectivity index (χ0n) is 15.7. The van der Waals surface area contributed by atoms with Crippen LogP contribution in [0.1, 0.15) is 4.88 Å². The largest absolute Gasteiger partial charge is 0.468 e. The quantitative estimate of drug-likeness (QED) is 0.501. The molecular weight excluding hydrogens is 465 g/mol. The lowest BCUT2D eigenvalue weighted by Crippen LogP contribution is -2.23. The fraction of sp³-hybridized carbons (Fsp3) is 0.222. The summed E-state index contributed by atoms with van der Waals surface area (Å²) in [6.07, 6.45) is -3.83. The van der Waals surface area contributed by atoms with E-state index in [-0.39, 0.29) is 15.5 Å². The number of carbonyl (C=O) groups is 1. The summed E-state index contributed by atoms with van der Waals surface area (Å²) < 4.78 is 67.0. The fourth-order valence-electron chi connectivity index (χ4n) is 2.22. The predicted molar refractivity (Wildman–Crippen MR) is 109 cm³/mol. The first-order chi connectivity index (χ1) is 13.8. The minimum absolute atomic E-state index is 0.0915. The number of allylic oxidation sites excluding steroid dienone is 2. The molecule has 30 heavy (non-hydrogen) atoms. The molecule has 0 aliphatic heterocycles. The summed E-state index contributed by atoms with van der Waals surface area (Å²) in [6, 6.07) is 9.10. The number of methoxy groups -OCH3 is 1. The molecule has 2 aromatic rings. The van der Waals surface area contributed by atoms with E-state index in [0.29, 0.717) is 10.4 Å². The fourth-order valence-corrected chi connectivity index (χ4v) is 4.22. The highest BCUT2D eigenvalue weighted by atomic mass is 35.5. The molecule has 12 heteroatoms. The molecule has 0 fully saturated rings. The molecule has 0 atom stereocenters. The van der Waals surface area contributed by atoms with E-state index < -0.39 is 39.3 Å². The number of hydrogen-bond donors (Lipinski definition) is 1. The van der Waals surface area contributed by atoms with Crippen molar-refractivity contribution in [1.82, 2.24) is 0 Å². The Morgan fingerprint density at radius 3 is 2.50 bits per heavy atom. The van der Waals surface area contributed by atoms with E-state index in [1.165, 1.54) is 18.2 Å². The summed E-state index contributed by atoms with van der Waals surface area (Å²) in [7, 11) is -2.34. The van der Waals surface area contributed by atoms with E-state index in [2.05, 4.69) is 9.73 Å². The van der Waals surface area contributed by atoms with Crippen LogP contribution in [0.2, 0.25) is 0 Å². The second kappa shape index (κ2) is 9.19. The van der Waals surface area contributed by atoms with E-state index in [1.54, 1.807) is 18.2 Å². The summed E-state index contributed by atoms with van der Waals surface area (Å²) in [6.45, 7) is -0.565. The summed E-state index contributed by atoms with van der Waals surface area (Å²) in [5.41, 5.74) is 3.77. The molecule has 0 aliphatic carbocycles. The predicted octanol–water partition coefficient (Wildman–Crippen LogP) is 3.75. The van der Waals surface area contributed by atoms with Crippen LogP contribution in [0.5, 0.6) is 0 Å². The van der Waals surface area contributed by atoms with Crippen LogP contribution in [-0.4, -0.2) is 46.2 Å². The SMILES string of the molecule is COC(=O)CN=C(C(Cl)=C(N)C(F)(F)F)c1ccc(-c2cccc(S(C)(=O)=O)c2)s1. The number of benzene rings is 1. The van der Waals surface area contributed by atoms with Crippen molar-refractivity contribution in [3.05, 3.63) is 52.0 Å². The summed E-state index contributed by atoms with van der Waals surface area (Å²) in [5, 5.41) is -0.857. The van der Waals surface area contributed by atoms with Crippen LogP contribution in [0, 0.1) is 0 Å². The van der Waals surface area contributed by atoms with Crippen molar-refractivity contribution in [2.45, 2.75) is 11.1 Å². The lowest BCUT2D eigenvalue weighted by molar-refractivity contribution is -0.138. The Bertz CT molecular complexity index is 1120. The molecule has 1 aromatic heterocycles. The summed E-state index contributed by atoms with van der Waals surface area (Å²) >= 11 is 6.87. The van der Waals surface area contributed by atoms with E-state index in [4.69, 9.17) is 17.3 Å². The Balaban J connectivity index is 2.55. The zero-order chi connectivity index (χ0) is 22.7. The average Bonchev–Trinajstić information content (AvgIpc) is 3.15. The highest BCUT2D eigenvalue weighted by Crippen LogP contribution is 2.34. The Labute approximate surface area is 179 Å². The number of nitrogens with zero attached hydrogens (tertiary/aromatic N) is 1. The van der Waals surface area contributed by atoms with Gasteiger partial charge in [-0.05, 0) is 29.8 Å². The highest BCUT2D eigenvalue weighted by molar-refractivity contribution is 7.90. The van der Waals surface area contributed by atoms with E-state index in [0.717, 1.165) is 24.7 Å². The average molecular weight is 481 g/mol. The first kappa shape index (κ1) is 23.9. The van der Waals surface area contributed by atoms with E-state index in [1.807, 2.05) is 0 Å². The van der Waals surface area contributed by atoms with Gasteiger partial charge in [0.25, 0.3) is 0 Å². The molecule has 0 saturated heterocycles. The van der Waals surface area contributed by atoms with Gasteiger partial charge in [0.1, 0.15) is 12.2 Å². The topological polar surface area (TPSA) is 98.8 Å². The molecule has 1 heterocycles. The Hall–Kier alpha value is -2.37. The van der Waals surface area contributed by atoms with Crippen LogP contribution in [-0.2, 0) is 19.4 Å². The first-order valence-electron chi connectivity index (χ1n) is 8.09. The van der Waals surface area contributed by atoms with Crippen molar-refractivity contribution in [3.8, 4) is 10.4 Å². The van der Waals surface area contributed by atoms with Gasteiger partial charge >= 0.3 is 12.1 Å². The molecule has 2 rings (SSSR count). The molecule has 0 radical (unpaired) electrons. The van der Waals surface area contributed by atoms with Crippen molar-refractivity contribution >= 4 is 44.5 Å². The van der Waals surface area contributed by atoms with Gasteiger partial charge in [-0.15, -0.1) is 11.3 Å². The summed E-state index contributed by atoms with van der Waals surface area (Å²) in [4.78, 5) is 16.1. The Morgan fingerprint density at radius 1 is 1.27 bits per heavy atom. The number of nitrogens with two attached hydrogens (primary N) is 1. The highest BCUT2D eigenvalue weighted by Gasteiger charge is 2.35. The van der Waals surface area contributed by atoms with Crippen molar-refractivity contribution in [2.24, 2.45) is 10.7 Å². The Kier molecular flexibility index (Phi) is 7.32. The standard InChI is InChI=1S/C18H16ClF3N2O4S2/c1-28-14(25)9-24-16(15(19)17(23)18(20,21)22)13-7-6-12(29-13)10-4-3-5-11(8-10)30(2,26)27/h3-8H,9,23H2,1-2H3. The van der Waals surface area contributed by atoms with Gasteiger partial charge in [0.2, 0.25) is 0 Å².